The maximum absolute atomic E-state index is 10.3. The first kappa shape index (κ1) is 11.5. The molecule has 0 aliphatic heterocycles. The molecule has 14 heavy (non-hydrogen) atoms. The molecule has 1 aromatic heterocycles. The summed E-state index contributed by atoms with van der Waals surface area (Å²) in [5.74, 6) is -0.820. The van der Waals surface area contributed by atoms with Gasteiger partial charge in [0, 0.05) is 17.3 Å². The minimum Gasteiger partial charge on any atom is -0.481 e. The van der Waals surface area contributed by atoms with Gasteiger partial charge in [-0.3, -0.25) is 4.79 Å². The van der Waals surface area contributed by atoms with E-state index in [9.17, 15) is 4.79 Å². The Balaban J connectivity index is 2.60. The van der Waals surface area contributed by atoms with Crippen LogP contribution in [0.5, 0.6) is 0 Å². The summed E-state index contributed by atoms with van der Waals surface area (Å²) in [4.78, 5) is 11.3. The highest BCUT2D eigenvalue weighted by Crippen LogP contribution is 2.31. The van der Waals surface area contributed by atoms with Crippen LogP contribution in [0.1, 0.15) is 29.3 Å². The van der Waals surface area contributed by atoms with Gasteiger partial charge in [-0.1, -0.05) is 11.6 Å². The van der Waals surface area contributed by atoms with Crippen molar-refractivity contribution in [3.63, 3.8) is 0 Å². The predicted octanol–water partition coefficient (Wildman–Crippen LogP) is 2.57. The van der Waals surface area contributed by atoms with Crippen LogP contribution in [0.4, 0.5) is 0 Å². The summed E-state index contributed by atoms with van der Waals surface area (Å²) in [6.07, 6.45) is 0.543. The van der Waals surface area contributed by atoms with E-state index in [-0.39, 0.29) is 12.5 Å². The summed E-state index contributed by atoms with van der Waals surface area (Å²) >= 11 is 7.30. The van der Waals surface area contributed by atoms with E-state index in [2.05, 4.69) is 0 Å². The lowest BCUT2D eigenvalue weighted by molar-refractivity contribution is -0.137. The zero-order valence-electron chi connectivity index (χ0n) is 7.79. The third-order valence-corrected chi connectivity index (χ3v) is 3.60. The monoisotopic (exact) mass is 233 g/mol. The normalized spacial score (nSPS) is 12.8. The summed E-state index contributed by atoms with van der Waals surface area (Å²) < 4.78 is 0.728. The van der Waals surface area contributed by atoms with Crippen molar-refractivity contribution >= 4 is 28.9 Å². The quantitative estimate of drug-likeness (QED) is 0.840. The van der Waals surface area contributed by atoms with Crippen LogP contribution in [0, 0.1) is 6.92 Å². The first-order chi connectivity index (χ1) is 6.50. The molecule has 0 amide bonds. The van der Waals surface area contributed by atoms with Gasteiger partial charge >= 0.3 is 5.97 Å². The average Bonchev–Trinajstić information content (AvgIpc) is 2.43. The number of aryl methyl sites for hydroxylation is 1. The van der Waals surface area contributed by atoms with E-state index in [1.54, 1.807) is 0 Å². The highest BCUT2D eigenvalue weighted by Gasteiger charge is 2.12. The number of rotatable bonds is 4. The maximum Gasteiger partial charge on any atom is 0.303 e. The Morgan fingerprint density at radius 3 is 2.86 bits per heavy atom. The number of thiophene rings is 1. The van der Waals surface area contributed by atoms with Crippen LogP contribution >= 0.6 is 22.9 Å². The van der Waals surface area contributed by atoms with Gasteiger partial charge in [-0.15, -0.1) is 11.3 Å². The molecule has 1 atom stereocenters. The second-order valence-electron chi connectivity index (χ2n) is 3.14. The number of halogens is 1. The van der Waals surface area contributed by atoms with Crippen molar-refractivity contribution in [1.82, 2.24) is 0 Å². The highest BCUT2D eigenvalue weighted by atomic mass is 35.5. The molecule has 0 radical (unpaired) electrons. The fraction of sp³-hybridized carbons (Fsp3) is 0.444. The van der Waals surface area contributed by atoms with Crippen LogP contribution in [-0.2, 0) is 4.79 Å². The number of carboxylic acid groups (broad SMARTS) is 1. The molecule has 0 aliphatic carbocycles. The molecule has 0 aliphatic rings. The summed E-state index contributed by atoms with van der Waals surface area (Å²) in [5.41, 5.74) is 6.81. The minimum atomic E-state index is -0.820. The lowest BCUT2D eigenvalue weighted by Gasteiger charge is -2.06. The third-order valence-electron chi connectivity index (χ3n) is 1.91. The topological polar surface area (TPSA) is 63.3 Å². The predicted molar refractivity (Wildman–Crippen MR) is 57.9 cm³/mol. The molecule has 1 unspecified atom stereocenters. The summed E-state index contributed by atoms with van der Waals surface area (Å²) in [7, 11) is 0. The van der Waals surface area contributed by atoms with E-state index in [1.165, 1.54) is 11.3 Å². The van der Waals surface area contributed by atoms with Crippen molar-refractivity contribution < 1.29 is 9.90 Å². The van der Waals surface area contributed by atoms with Gasteiger partial charge in [-0.25, -0.2) is 0 Å². The van der Waals surface area contributed by atoms with Crippen LogP contribution in [0.2, 0.25) is 4.34 Å². The van der Waals surface area contributed by atoms with Gasteiger partial charge in [0.2, 0.25) is 0 Å². The first-order valence-corrected chi connectivity index (χ1v) is 5.43. The van der Waals surface area contributed by atoms with Gasteiger partial charge < -0.3 is 10.8 Å². The van der Waals surface area contributed by atoms with Crippen molar-refractivity contribution in [2.75, 3.05) is 0 Å². The Hall–Kier alpha value is -0.580. The number of hydrogen-bond donors (Lipinski definition) is 2. The van der Waals surface area contributed by atoms with Gasteiger partial charge in [0.05, 0.1) is 4.34 Å². The second kappa shape index (κ2) is 4.77. The van der Waals surface area contributed by atoms with Crippen LogP contribution in [0.3, 0.4) is 0 Å². The summed E-state index contributed by atoms with van der Waals surface area (Å²) in [5, 5.41) is 8.49. The molecular formula is C9H12ClNO2S. The number of carbonyl (C=O) groups is 1. The van der Waals surface area contributed by atoms with Crippen LogP contribution < -0.4 is 5.73 Å². The molecule has 78 valence electrons. The largest absolute Gasteiger partial charge is 0.481 e. The Bertz CT molecular complexity index is 318. The molecular weight excluding hydrogens is 222 g/mol. The molecule has 0 bridgehead atoms. The molecule has 0 saturated heterocycles. The van der Waals surface area contributed by atoms with Gasteiger partial charge in [0.15, 0.2) is 0 Å². The zero-order chi connectivity index (χ0) is 10.7. The van der Waals surface area contributed by atoms with Gasteiger partial charge in [0.25, 0.3) is 0 Å². The van der Waals surface area contributed by atoms with Crippen LogP contribution in [0.15, 0.2) is 6.07 Å². The number of nitrogens with two attached hydrogens (primary N) is 1. The van der Waals surface area contributed by atoms with Gasteiger partial charge in [0.1, 0.15) is 0 Å². The molecule has 0 spiro atoms. The van der Waals surface area contributed by atoms with Crippen molar-refractivity contribution in [2.24, 2.45) is 5.73 Å². The molecule has 3 nitrogen and oxygen atoms in total. The minimum absolute atomic E-state index is 0.0930. The molecule has 0 saturated carbocycles. The van der Waals surface area contributed by atoms with Crippen LogP contribution in [-0.4, -0.2) is 11.1 Å². The first-order valence-electron chi connectivity index (χ1n) is 4.24. The fourth-order valence-electron chi connectivity index (χ4n) is 1.09. The molecule has 1 aromatic rings. The number of hydrogen-bond acceptors (Lipinski definition) is 3. The fourth-order valence-corrected chi connectivity index (χ4v) is 2.34. The van der Waals surface area contributed by atoms with E-state index in [0.717, 1.165) is 14.8 Å². The summed E-state index contributed by atoms with van der Waals surface area (Å²) in [6.45, 7) is 1.91. The van der Waals surface area contributed by atoms with E-state index in [1.807, 2.05) is 13.0 Å². The zero-order valence-corrected chi connectivity index (χ0v) is 9.36. The summed E-state index contributed by atoms with van der Waals surface area (Å²) in [6, 6.07) is 1.70. The molecule has 3 N–H and O–H groups in total. The molecule has 0 aromatic carbocycles. The van der Waals surface area contributed by atoms with Gasteiger partial charge in [-0.2, -0.15) is 0 Å². The maximum atomic E-state index is 10.3. The molecule has 1 rings (SSSR count). The molecule has 5 heteroatoms. The Morgan fingerprint density at radius 1 is 1.79 bits per heavy atom. The van der Waals surface area contributed by atoms with Crippen molar-refractivity contribution in [3.05, 3.63) is 20.8 Å². The Kier molecular flexibility index (Phi) is 3.92. The Labute approximate surface area is 91.5 Å². The second-order valence-corrected chi connectivity index (χ2v) is 4.83. The molecule has 0 fully saturated rings. The van der Waals surface area contributed by atoms with Crippen molar-refractivity contribution in [1.29, 1.82) is 0 Å². The van der Waals surface area contributed by atoms with E-state index in [0.29, 0.717) is 6.42 Å². The number of aliphatic carboxylic acids is 1. The van der Waals surface area contributed by atoms with Crippen LogP contribution in [0.25, 0.3) is 0 Å². The van der Waals surface area contributed by atoms with Crippen molar-refractivity contribution in [2.45, 2.75) is 25.8 Å². The Morgan fingerprint density at radius 2 is 2.43 bits per heavy atom. The van der Waals surface area contributed by atoms with E-state index < -0.39 is 5.97 Å². The highest BCUT2D eigenvalue weighted by molar-refractivity contribution is 7.16. The smallest absolute Gasteiger partial charge is 0.303 e. The lowest BCUT2D eigenvalue weighted by atomic mass is 10.1. The van der Waals surface area contributed by atoms with E-state index >= 15 is 0 Å². The van der Waals surface area contributed by atoms with Gasteiger partial charge in [-0.05, 0) is 25.0 Å². The van der Waals surface area contributed by atoms with Crippen molar-refractivity contribution in [3.8, 4) is 0 Å². The average molecular weight is 234 g/mol. The molecule has 1 heterocycles. The number of carboxylic acids is 1. The SMILES string of the molecule is Cc1cc(C(N)CCC(=O)O)sc1Cl. The lowest BCUT2D eigenvalue weighted by Crippen LogP contribution is -2.10. The standard InChI is InChI=1S/C9H12ClNO2S/c1-5-4-7(14-9(5)10)6(11)2-3-8(12)13/h4,6H,2-3,11H2,1H3,(H,12,13). The van der Waals surface area contributed by atoms with E-state index in [4.69, 9.17) is 22.4 Å². The third kappa shape index (κ3) is 2.97.